The topological polar surface area (TPSA) is 95.4 Å². The summed E-state index contributed by atoms with van der Waals surface area (Å²) in [5.74, 6) is 1.79. The van der Waals surface area contributed by atoms with Crippen LogP contribution in [0.3, 0.4) is 0 Å². The Labute approximate surface area is 188 Å². The molecule has 0 saturated carbocycles. The van der Waals surface area contributed by atoms with Gasteiger partial charge in [-0.05, 0) is 54.1 Å². The fourth-order valence-electron chi connectivity index (χ4n) is 3.33. The molecule has 5 rings (SSSR count). The average Bonchev–Trinajstić information content (AvgIpc) is 3.49. The van der Waals surface area contributed by atoms with E-state index in [4.69, 9.17) is 18.4 Å². The third-order valence-electron chi connectivity index (χ3n) is 5.02. The molecule has 8 nitrogen and oxygen atoms in total. The first-order valence-corrected chi connectivity index (χ1v) is 10.1. The highest BCUT2D eigenvalue weighted by atomic mass is 19.1. The van der Waals surface area contributed by atoms with E-state index in [0.717, 1.165) is 5.56 Å². The minimum absolute atomic E-state index is 0.277. The first-order chi connectivity index (χ1) is 16.1. The Morgan fingerprint density at radius 1 is 0.879 bits per heavy atom. The number of nitrogens with zero attached hydrogens (tertiary/aromatic N) is 3. The lowest BCUT2D eigenvalue weighted by Crippen LogP contribution is -1.99. The molecular formula is C24H19FN4O4. The molecule has 3 aromatic carbocycles. The molecule has 166 valence electrons. The summed E-state index contributed by atoms with van der Waals surface area (Å²) in [5, 5.41) is 7.14. The lowest BCUT2D eigenvalue weighted by Gasteiger charge is -2.05. The molecule has 0 radical (unpaired) electrons. The molecule has 0 fully saturated rings. The van der Waals surface area contributed by atoms with Gasteiger partial charge in [0, 0.05) is 23.7 Å². The van der Waals surface area contributed by atoms with Gasteiger partial charge < -0.3 is 23.7 Å². The van der Waals surface area contributed by atoms with E-state index in [1.165, 1.54) is 12.1 Å². The van der Waals surface area contributed by atoms with Crippen LogP contribution in [0.4, 0.5) is 10.4 Å². The zero-order chi connectivity index (χ0) is 22.8. The molecule has 0 amide bonds. The second-order valence-electron chi connectivity index (χ2n) is 7.21. The zero-order valence-electron chi connectivity index (χ0n) is 17.8. The number of ether oxygens (including phenoxy) is 2. The predicted octanol–water partition coefficient (Wildman–Crippen LogP) is 5.31. The molecule has 0 saturated heterocycles. The quantitative estimate of drug-likeness (QED) is 0.359. The minimum atomic E-state index is -0.307. The Bertz CT molecular complexity index is 1390. The highest BCUT2D eigenvalue weighted by molar-refractivity contribution is 5.77. The van der Waals surface area contributed by atoms with Crippen molar-refractivity contribution in [1.29, 1.82) is 0 Å². The van der Waals surface area contributed by atoms with Crippen molar-refractivity contribution in [1.82, 2.24) is 15.1 Å². The number of fused-ring (bicyclic) bond motifs is 1. The van der Waals surface area contributed by atoms with Crippen LogP contribution in [-0.2, 0) is 6.54 Å². The van der Waals surface area contributed by atoms with Gasteiger partial charge in [-0.15, -0.1) is 0 Å². The van der Waals surface area contributed by atoms with Crippen molar-refractivity contribution in [2.24, 2.45) is 0 Å². The van der Waals surface area contributed by atoms with Crippen LogP contribution in [0.2, 0.25) is 0 Å². The number of methoxy groups -OCH3 is 2. The van der Waals surface area contributed by atoms with Crippen LogP contribution >= 0.6 is 0 Å². The van der Waals surface area contributed by atoms with Crippen molar-refractivity contribution in [2.45, 2.75) is 6.54 Å². The molecule has 2 aromatic heterocycles. The summed E-state index contributed by atoms with van der Waals surface area (Å²) >= 11 is 0. The van der Waals surface area contributed by atoms with Gasteiger partial charge in [0.1, 0.15) is 22.8 Å². The fourth-order valence-corrected chi connectivity index (χ4v) is 3.33. The van der Waals surface area contributed by atoms with Gasteiger partial charge in [0.25, 0.3) is 0 Å². The lowest BCUT2D eigenvalue weighted by molar-refractivity contribution is 0.394. The van der Waals surface area contributed by atoms with Crippen LogP contribution in [0, 0.1) is 5.82 Å². The number of anilines is 1. The number of rotatable bonds is 7. The third-order valence-corrected chi connectivity index (χ3v) is 5.02. The summed E-state index contributed by atoms with van der Waals surface area (Å²) in [6, 6.07) is 17.3. The standard InChI is InChI=1S/C24H19FN4O4/c1-30-18-10-16(11-19(12-18)31-2)22-28-24(33-29-22)26-13-14-3-8-21-20(9-14)27-23(32-21)15-4-6-17(25)7-5-15/h3-12H,13H2,1-2H3,(H,26,28,29). The van der Waals surface area contributed by atoms with Gasteiger partial charge in [-0.2, -0.15) is 4.98 Å². The third kappa shape index (κ3) is 4.33. The molecule has 0 atom stereocenters. The summed E-state index contributed by atoms with van der Waals surface area (Å²) in [6.45, 7) is 0.442. The van der Waals surface area contributed by atoms with Crippen molar-refractivity contribution in [2.75, 3.05) is 19.5 Å². The van der Waals surface area contributed by atoms with E-state index in [1.807, 2.05) is 18.2 Å². The zero-order valence-corrected chi connectivity index (χ0v) is 17.8. The largest absolute Gasteiger partial charge is 0.497 e. The molecule has 0 spiro atoms. The van der Waals surface area contributed by atoms with Crippen LogP contribution in [0.1, 0.15) is 5.56 Å². The Morgan fingerprint density at radius 2 is 1.64 bits per heavy atom. The molecule has 5 aromatic rings. The molecule has 2 heterocycles. The Balaban J connectivity index is 1.31. The number of oxazole rings is 1. The van der Waals surface area contributed by atoms with Crippen LogP contribution < -0.4 is 14.8 Å². The van der Waals surface area contributed by atoms with Crippen molar-refractivity contribution < 1.29 is 22.8 Å². The van der Waals surface area contributed by atoms with E-state index in [-0.39, 0.29) is 11.8 Å². The van der Waals surface area contributed by atoms with Crippen molar-refractivity contribution >= 4 is 17.1 Å². The van der Waals surface area contributed by atoms with Crippen LogP contribution in [-0.4, -0.2) is 29.3 Å². The molecule has 33 heavy (non-hydrogen) atoms. The molecule has 9 heteroatoms. The SMILES string of the molecule is COc1cc(OC)cc(-c2noc(NCc3ccc4oc(-c5ccc(F)cc5)nc4c3)n2)c1. The van der Waals surface area contributed by atoms with E-state index >= 15 is 0 Å². The van der Waals surface area contributed by atoms with E-state index in [0.29, 0.717) is 52.0 Å². The number of aromatic nitrogens is 3. The summed E-state index contributed by atoms with van der Waals surface area (Å²) in [5.41, 5.74) is 3.71. The normalized spacial score (nSPS) is 11.0. The van der Waals surface area contributed by atoms with Gasteiger partial charge in [-0.25, -0.2) is 9.37 Å². The predicted molar refractivity (Wildman–Crippen MR) is 120 cm³/mol. The maximum Gasteiger partial charge on any atom is 0.322 e. The number of hydrogen-bond donors (Lipinski definition) is 1. The summed E-state index contributed by atoms with van der Waals surface area (Å²) < 4.78 is 34.9. The van der Waals surface area contributed by atoms with Gasteiger partial charge >= 0.3 is 6.01 Å². The van der Waals surface area contributed by atoms with Crippen LogP contribution in [0.15, 0.2) is 69.6 Å². The minimum Gasteiger partial charge on any atom is -0.497 e. The van der Waals surface area contributed by atoms with Crippen LogP contribution in [0.25, 0.3) is 33.9 Å². The highest BCUT2D eigenvalue weighted by Crippen LogP contribution is 2.29. The van der Waals surface area contributed by atoms with Gasteiger partial charge in [0.05, 0.1) is 14.2 Å². The van der Waals surface area contributed by atoms with E-state index in [9.17, 15) is 4.39 Å². The van der Waals surface area contributed by atoms with Gasteiger partial charge in [0.15, 0.2) is 5.58 Å². The number of halogens is 1. The summed E-state index contributed by atoms with van der Waals surface area (Å²) in [4.78, 5) is 8.91. The first-order valence-electron chi connectivity index (χ1n) is 10.1. The molecule has 0 unspecified atom stereocenters. The van der Waals surface area contributed by atoms with Gasteiger partial charge in [0.2, 0.25) is 11.7 Å². The second kappa shape index (κ2) is 8.62. The Morgan fingerprint density at radius 3 is 2.36 bits per heavy atom. The number of nitrogens with one attached hydrogen (secondary N) is 1. The molecule has 0 bridgehead atoms. The fraction of sp³-hybridized carbons (Fsp3) is 0.125. The second-order valence-corrected chi connectivity index (χ2v) is 7.21. The van der Waals surface area contributed by atoms with Crippen molar-refractivity contribution in [3.8, 4) is 34.3 Å². The van der Waals surface area contributed by atoms with Crippen molar-refractivity contribution in [3.05, 3.63) is 72.0 Å². The summed E-state index contributed by atoms with van der Waals surface area (Å²) in [7, 11) is 3.16. The molecule has 1 N–H and O–H groups in total. The molecule has 0 aliphatic rings. The van der Waals surface area contributed by atoms with Crippen LogP contribution in [0.5, 0.6) is 11.5 Å². The smallest absolute Gasteiger partial charge is 0.322 e. The van der Waals surface area contributed by atoms with E-state index in [1.54, 1.807) is 44.6 Å². The average molecular weight is 446 g/mol. The monoisotopic (exact) mass is 446 g/mol. The van der Waals surface area contributed by atoms with Gasteiger partial charge in [-0.3, -0.25) is 0 Å². The first kappa shape index (κ1) is 20.5. The Kier molecular flexibility index (Phi) is 5.35. The van der Waals surface area contributed by atoms with Crippen molar-refractivity contribution in [3.63, 3.8) is 0 Å². The van der Waals surface area contributed by atoms with Gasteiger partial charge in [-0.1, -0.05) is 11.2 Å². The summed E-state index contributed by atoms with van der Waals surface area (Å²) in [6.07, 6.45) is 0. The molecule has 0 aliphatic heterocycles. The maximum absolute atomic E-state index is 13.2. The number of benzene rings is 3. The number of hydrogen-bond acceptors (Lipinski definition) is 8. The van der Waals surface area contributed by atoms with E-state index in [2.05, 4.69) is 20.4 Å². The highest BCUT2D eigenvalue weighted by Gasteiger charge is 2.13. The molecule has 0 aliphatic carbocycles. The Hall–Kier alpha value is -4.40. The maximum atomic E-state index is 13.2. The lowest BCUT2D eigenvalue weighted by atomic mass is 10.2. The van der Waals surface area contributed by atoms with E-state index < -0.39 is 0 Å². The molecular weight excluding hydrogens is 427 g/mol.